The molecule has 2 N–H and O–H groups in total. The monoisotopic (exact) mass is 200 g/mol. The van der Waals surface area contributed by atoms with E-state index in [1.165, 1.54) is 12.8 Å². The molecule has 2 nitrogen and oxygen atoms in total. The Morgan fingerprint density at radius 1 is 1.46 bits per heavy atom. The van der Waals surface area contributed by atoms with Crippen LogP contribution in [-0.4, -0.2) is 4.98 Å². The van der Waals surface area contributed by atoms with Gasteiger partial charge in [0.15, 0.2) is 0 Å². The van der Waals surface area contributed by atoms with Crippen LogP contribution < -0.4 is 5.73 Å². The van der Waals surface area contributed by atoms with Crippen LogP contribution in [0.3, 0.4) is 0 Å². The first-order valence-corrected chi connectivity index (χ1v) is 4.51. The van der Waals surface area contributed by atoms with Crippen LogP contribution in [0.2, 0.25) is 0 Å². The minimum Gasteiger partial charge on any atom is -0.323 e. The van der Waals surface area contributed by atoms with Gasteiger partial charge in [0.25, 0.3) is 0 Å². The van der Waals surface area contributed by atoms with E-state index in [2.05, 4.69) is 11.9 Å². The Balaban J connectivity index is 0.00000144. The lowest BCUT2D eigenvalue weighted by Crippen LogP contribution is -2.11. The number of rotatable bonds is 4. The van der Waals surface area contributed by atoms with E-state index in [0.29, 0.717) is 0 Å². The van der Waals surface area contributed by atoms with E-state index in [1.54, 1.807) is 6.20 Å². The Hall–Kier alpha value is -0.600. The van der Waals surface area contributed by atoms with E-state index in [4.69, 9.17) is 5.73 Å². The van der Waals surface area contributed by atoms with Gasteiger partial charge in [-0.3, -0.25) is 4.98 Å². The number of hydrogen-bond acceptors (Lipinski definition) is 2. The van der Waals surface area contributed by atoms with Gasteiger partial charge in [-0.25, -0.2) is 0 Å². The smallest absolute Gasteiger partial charge is 0.0570 e. The topological polar surface area (TPSA) is 38.9 Å². The van der Waals surface area contributed by atoms with E-state index >= 15 is 0 Å². The third-order valence-corrected chi connectivity index (χ3v) is 1.94. The summed E-state index contributed by atoms with van der Waals surface area (Å²) >= 11 is 0. The fourth-order valence-electron chi connectivity index (χ4n) is 1.17. The highest BCUT2D eigenvalue weighted by Crippen LogP contribution is 2.13. The van der Waals surface area contributed by atoms with Gasteiger partial charge in [0.1, 0.15) is 0 Å². The highest BCUT2D eigenvalue weighted by molar-refractivity contribution is 5.85. The molecule has 13 heavy (non-hydrogen) atoms. The Morgan fingerprint density at radius 3 is 2.77 bits per heavy atom. The van der Waals surface area contributed by atoms with Crippen molar-refractivity contribution < 1.29 is 0 Å². The summed E-state index contributed by atoms with van der Waals surface area (Å²) in [5.74, 6) is 0. The predicted molar refractivity (Wildman–Crippen MR) is 57.9 cm³/mol. The molecule has 1 aromatic heterocycles. The van der Waals surface area contributed by atoms with E-state index in [0.717, 1.165) is 12.1 Å². The second-order valence-electron chi connectivity index (χ2n) is 3.00. The van der Waals surface area contributed by atoms with Crippen molar-refractivity contribution >= 4 is 12.4 Å². The van der Waals surface area contributed by atoms with Gasteiger partial charge < -0.3 is 5.73 Å². The second kappa shape index (κ2) is 6.87. The number of pyridine rings is 1. The molecule has 0 aliphatic heterocycles. The average Bonchev–Trinajstić information content (AvgIpc) is 2.15. The van der Waals surface area contributed by atoms with Crippen molar-refractivity contribution in [3.63, 3.8) is 0 Å². The van der Waals surface area contributed by atoms with Crippen LogP contribution in [0, 0.1) is 0 Å². The summed E-state index contributed by atoms with van der Waals surface area (Å²) < 4.78 is 0. The Morgan fingerprint density at radius 2 is 2.23 bits per heavy atom. The molecule has 1 heterocycles. The first-order valence-electron chi connectivity index (χ1n) is 4.51. The lowest BCUT2D eigenvalue weighted by atomic mass is 10.1. The number of nitrogens with zero attached hydrogens (tertiary/aromatic N) is 1. The summed E-state index contributed by atoms with van der Waals surface area (Å²) in [6.45, 7) is 2.17. The summed E-state index contributed by atoms with van der Waals surface area (Å²) in [5, 5.41) is 0. The quantitative estimate of drug-likeness (QED) is 0.812. The summed E-state index contributed by atoms with van der Waals surface area (Å²) in [4.78, 5) is 4.21. The molecule has 0 amide bonds. The van der Waals surface area contributed by atoms with Crippen LogP contribution in [-0.2, 0) is 0 Å². The van der Waals surface area contributed by atoms with Gasteiger partial charge in [-0.1, -0.05) is 25.8 Å². The van der Waals surface area contributed by atoms with Gasteiger partial charge in [0.2, 0.25) is 0 Å². The first kappa shape index (κ1) is 12.4. The molecule has 0 aliphatic carbocycles. The highest BCUT2D eigenvalue weighted by atomic mass is 35.5. The molecular weight excluding hydrogens is 184 g/mol. The predicted octanol–water partition coefficient (Wildman–Crippen LogP) is 2.69. The normalized spacial score (nSPS) is 11.8. The molecule has 0 aromatic carbocycles. The fourth-order valence-corrected chi connectivity index (χ4v) is 1.17. The number of unbranched alkanes of at least 4 members (excludes halogenated alkanes) is 1. The SMILES string of the molecule is CCCCC(N)c1ccccn1.Cl. The molecule has 0 bridgehead atoms. The van der Waals surface area contributed by atoms with Crippen LogP contribution in [0.4, 0.5) is 0 Å². The Bertz CT molecular complexity index is 213. The fraction of sp³-hybridized carbons (Fsp3) is 0.500. The zero-order chi connectivity index (χ0) is 8.81. The van der Waals surface area contributed by atoms with Crippen LogP contribution in [0.15, 0.2) is 24.4 Å². The third kappa shape index (κ3) is 4.25. The van der Waals surface area contributed by atoms with Gasteiger partial charge >= 0.3 is 0 Å². The minimum atomic E-state index is 0. The third-order valence-electron chi connectivity index (χ3n) is 1.94. The Labute approximate surface area is 86.0 Å². The van der Waals surface area contributed by atoms with E-state index in [9.17, 15) is 0 Å². The number of halogens is 1. The Kier molecular flexibility index (Phi) is 6.55. The summed E-state index contributed by atoms with van der Waals surface area (Å²) in [6.07, 6.45) is 5.20. The summed E-state index contributed by atoms with van der Waals surface area (Å²) in [7, 11) is 0. The molecule has 1 rings (SSSR count). The molecule has 3 heteroatoms. The van der Waals surface area contributed by atoms with Crippen LogP contribution in [0.5, 0.6) is 0 Å². The molecule has 0 aliphatic rings. The van der Waals surface area contributed by atoms with Gasteiger partial charge in [0, 0.05) is 12.2 Å². The lowest BCUT2D eigenvalue weighted by Gasteiger charge is -2.08. The van der Waals surface area contributed by atoms with Gasteiger partial charge in [-0.15, -0.1) is 12.4 Å². The molecule has 0 saturated heterocycles. The number of nitrogens with two attached hydrogens (primary N) is 1. The number of aromatic nitrogens is 1. The van der Waals surface area contributed by atoms with E-state index in [-0.39, 0.29) is 18.4 Å². The van der Waals surface area contributed by atoms with Gasteiger partial charge in [-0.2, -0.15) is 0 Å². The maximum Gasteiger partial charge on any atom is 0.0570 e. The second-order valence-corrected chi connectivity index (χ2v) is 3.00. The zero-order valence-corrected chi connectivity index (χ0v) is 8.76. The maximum absolute atomic E-state index is 5.92. The summed E-state index contributed by atoms with van der Waals surface area (Å²) in [6, 6.07) is 6.00. The molecular formula is C10H17ClN2. The highest BCUT2D eigenvalue weighted by Gasteiger charge is 2.04. The first-order chi connectivity index (χ1) is 5.84. The van der Waals surface area contributed by atoms with Crippen molar-refractivity contribution in [3.05, 3.63) is 30.1 Å². The van der Waals surface area contributed by atoms with Gasteiger partial charge in [-0.05, 0) is 18.6 Å². The van der Waals surface area contributed by atoms with E-state index < -0.39 is 0 Å². The molecule has 74 valence electrons. The van der Waals surface area contributed by atoms with Crippen LogP contribution in [0.1, 0.15) is 37.9 Å². The molecule has 0 fully saturated rings. The molecule has 0 radical (unpaired) electrons. The molecule has 1 atom stereocenters. The minimum absolute atomic E-state index is 0. The average molecular weight is 201 g/mol. The molecule has 0 spiro atoms. The van der Waals surface area contributed by atoms with Crippen molar-refractivity contribution in [3.8, 4) is 0 Å². The molecule has 1 unspecified atom stereocenters. The number of hydrogen-bond donors (Lipinski definition) is 1. The van der Waals surface area contributed by atoms with Crippen molar-refractivity contribution in [2.75, 3.05) is 0 Å². The molecule has 0 saturated carbocycles. The van der Waals surface area contributed by atoms with Crippen molar-refractivity contribution in [2.45, 2.75) is 32.2 Å². The van der Waals surface area contributed by atoms with E-state index in [1.807, 2.05) is 18.2 Å². The van der Waals surface area contributed by atoms with Crippen molar-refractivity contribution in [2.24, 2.45) is 5.73 Å². The summed E-state index contributed by atoms with van der Waals surface area (Å²) in [5.41, 5.74) is 6.92. The van der Waals surface area contributed by atoms with Gasteiger partial charge in [0.05, 0.1) is 5.69 Å². The molecule has 1 aromatic rings. The lowest BCUT2D eigenvalue weighted by molar-refractivity contribution is 0.590. The van der Waals surface area contributed by atoms with Crippen molar-refractivity contribution in [1.29, 1.82) is 0 Å². The largest absolute Gasteiger partial charge is 0.323 e. The maximum atomic E-state index is 5.92. The van der Waals surface area contributed by atoms with Crippen molar-refractivity contribution in [1.82, 2.24) is 4.98 Å². The van der Waals surface area contributed by atoms with Crippen LogP contribution >= 0.6 is 12.4 Å². The van der Waals surface area contributed by atoms with Crippen LogP contribution in [0.25, 0.3) is 0 Å². The zero-order valence-electron chi connectivity index (χ0n) is 7.94. The standard InChI is InChI=1S/C10H16N2.ClH/c1-2-3-6-9(11)10-7-4-5-8-12-10;/h4-5,7-9H,2-3,6,11H2,1H3;1H.